The fraction of sp³-hybridized carbons (Fsp3) is 0.214. The summed E-state index contributed by atoms with van der Waals surface area (Å²) >= 11 is 9.97. The van der Waals surface area contributed by atoms with Gasteiger partial charge in [0.15, 0.2) is 5.78 Å². The second-order valence-corrected chi connectivity index (χ2v) is 7.04. The minimum atomic E-state index is 0.0312. The van der Waals surface area contributed by atoms with Crippen molar-refractivity contribution in [2.75, 3.05) is 0 Å². The Morgan fingerprint density at radius 2 is 2.00 bits per heavy atom. The molecule has 94 valence electrons. The van der Waals surface area contributed by atoms with E-state index in [2.05, 4.69) is 22.6 Å². The zero-order chi connectivity index (χ0) is 13.3. The van der Waals surface area contributed by atoms with E-state index in [1.165, 1.54) is 11.3 Å². The number of hydrogen-bond donors (Lipinski definition) is 0. The van der Waals surface area contributed by atoms with Gasteiger partial charge in [0.1, 0.15) is 0 Å². The first-order valence-corrected chi connectivity index (χ1v) is 7.86. The molecule has 0 unspecified atom stereocenters. The minimum absolute atomic E-state index is 0.0312. The van der Waals surface area contributed by atoms with Crippen molar-refractivity contribution >= 4 is 51.3 Å². The highest BCUT2D eigenvalue weighted by atomic mass is 127. The quantitative estimate of drug-likeness (QED) is 0.499. The average Bonchev–Trinajstić information content (AvgIpc) is 2.77. The van der Waals surface area contributed by atoms with E-state index in [0.29, 0.717) is 0 Å². The van der Waals surface area contributed by atoms with E-state index in [4.69, 9.17) is 11.6 Å². The van der Waals surface area contributed by atoms with Crippen LogP contribution in [0, 0.1) is 9.49 Å². The number of carbonyl (C=O) groups excluding carboxylic acids is 1. The van der Waals surface area contributed by atoms with Gasteiger partial charge in [-0.2, -0.15) is 0 Å². The maximum Gasteiger partial charge on any atom is 0.175 e. The third kappa shape index (κ3) is 2.95. The van der Waals surface area contributed by atoms with E-state index in [1.54, 1.807) is 0 Å². The SMILES string of the molecule is CC(C)C(=O)c1ccc(-c2ccc(I)cc2Cl)s1. The van der Waals surface area contributed by atoms with Crippen LogP contribution in [0.1, 0.15) is 23.5 Å². The molecule has 1 nitrogen and oxygen atoms in total. The lowest BCUT2D eigenvalue weighted by Crippen LogP contribution is -2.04. The first-order chi connectivity index (χ1) is 8.49. The van der Waals surface area contributed by atoms with Crippen molar-refractivity contribution in [3.63, 3.8) is 0 Å². The van der Waals surface area contributed by atoms with Crippen molar-refractivity contribution in [3.05, 3.63) is 43.8 Å². The molecule has 0 aliphatic carbocycles. The topological polar surface area (TPSA) is 17.1 Å². The predicted molar refractivity (Wildman–Crippen MR) is 86.7 cm³/mol. The fourth-order valence-corrected chi connectivity index (χ4v) is 3.74. The Morgan fingerprint density at radius 3 is 2.61 bits per heavy atom. The molecule has 1 heterocycles. The van der Waals surface area contributed by atoms with Crippen LogP contribution in [0.25, 0.3) is 10.4 Å². The molecule has 1 aromatic carbocycles. The number of hydrogen-bond acceptors (Lipinski definition) is 2. The molecule has 0 N–H and O–H groups in total. The Hall–Kier alpha value is -0.390. The van der Waals surface area contributed by atoms with Gasteiger partial charge in [-0.05, 0) is 46.9 Å². The average molecular weight is 391 g/mol. The molecule has 0 atom stereocenters. The number of thiophene rings is 1. The Balaban J connectivity index is 2.38. The third-order valence-corrected chi connectivity index (χ3v) is 4.69. The maximum atomic E-state index is 11.9. The number of halogens is 2. The van der Waals surface area contributed by atoms with Crippen LogP contribution >= 0.6 is 45.5 Å². The molecule has 4 heteroatoms. The maximum absolute atomic E-state index is 11.9. The van der Waals surface area contributed by atoms with Crippen LogP contribution in [0.3, 0.4) is 0 Å². The van der Waals surface area contributed by atoms with E-state index >= 15 is 0 Å². The van der Waals surface area contributed by atoms with Gasteiger partial charge in [-0.1, -0.05) is 31.5 Å². The zero-order valence-corrected chi connectivity index (χ0v) is 13.8. The van der Waals surface area contributed by atoms with Crippen LogP contribution in [0.15, 0.2) is 30.3 Å². The van der Waals surface area contributed by atoms with E-state index < -0.39 is 0 Å². The molecular formula is C14H12ClIOS. The van der Waals surface area contributed by atoms with Crippen LogP contribution in [0.4, 0.5) is 0 Å². The zero-order valence-electron chi connectivity index (χ0n) is 10.0. The smallest absolute Gasteiger partial charge is 0.175 e. The lowest BCUT2D eigenvalue weighted by atomic mass is 10.1. The lowest BCUT2D eigenvalue weighted by Gasteiger charge is -2.02. The molecule has 2 rings (SSSR count). The predicted octanol–water partition coefficient (Wildman–Crippen LogP) is 5.51. The van der Waals surface area contributed by atoms with Gasteiger partial charge in [-0.15, -0.1) is 11.3 Å². The largest absolute Gasteiger partial charge is 0.293 e. The first-order valence-electron chi connectivity index (χ1n) is 5.58. The van der Waals surface area contributed by atoms with Gasteiger partial charge in [0.05, 0.1) is 9.90 Å². The molecule has 0 aliphatic heterocycles. The normalized spacial score (nSPS) is 10.9. The van der Waals surface area contributed by atoms with Crippen LogP contribution in [-0.2, 0) is 0 Å². The molecule has 0 fully saturated rings. The van der Waals surface area contributed by atoms with E-state index in [9.17, 15) is 4.79 Å². The highest BCUT2D eigenvalue weighted by molar-refractivity contribution is 14.1. The Bertz CT molecular complexity index is 589. The van der Waals surface area contributed by atoms with E-state index in [1.807, 2.05) is 44.2 Å². The highest BCUT2D eigenvalue weighted by Crippen LogP contribution is 2.34. The number of benzene rings is 1. The third-order valence-electron chi connectivity index (χ3n) is 2.57. The molecule has 0 aliphatic rings. The van der Waals surface area contributed by atoms with Gasteiger partial charge in [-0.3, -0.25) is 4.79 Å². The van der Waals surface area contributed by atoms with Gasteiger partial charge in [0.2, 0.25) is 0 Å². The summed E-state index contributed by atoms with van der Waals surface area (Å²) in [5.74, 6) is 0.219. The lowest BCUT2D eigenvalue weighted by molar-refractivity contribution is 0.0943. The summed E-state index contributed by atoms with van der Waals surface area (Å²) in [6, 6.07) is 9.80. The summed E-state index contributed by atoms with van der Waals surface area (Å²) in [4.78, 5) is 13.7. The van der Waals surface area contributed by atoms with Crippen LogP contribution in [-0.4, -0.2) is 5.78 Å². The van der Waals surface area contributed by atoms with Crippen LogP contribution in [0.2, 0.25) is 5.02 Å². The van der Waals surface area contributed by atoms with Gasteiger partial charge >= 0.3 is 0 Å². The first kappa shape index (κ1) is 14.0. The number of ketones is 1. The number of carbonyl (C=O) groups is 1. The molecule has 18 heavy (non-hydrogen) atoms. The van der Waals surface area contributed by atoms with Crippen molar-refractivity contribution < 1.29 is 4.79 Å². The monoisotopic (exact) mass is 390 g/mol. The standard InChI is InChI=1S/C14H12ClIOS/c1-8(2)14(17)13-6-5-12(18-13)10-4-3-9(16)7-11(10)15/h3-8H,1-2H3. The van der Waals surface area contributed by atoms with E-state index in [-0.39, 0.29) is 11.7 Å². The van der Waals surface area contributed by atoms with Crippen molar-refractivity contribution in [1.82, 2.24) is 0 Å². The van der Waals surface area contributed by atoms with Gasteiger partial charge in [-0.25, -0.2) is 0 Å². The van der Waals surface area contributed by atoms with Crippen LogP contribution < -0.4 is 0 Å². The second kappa shape index (κ2) is 5.72. The number of Topliss-reactive ketones (excluding diaryl/α,β-unsaturated/α-hetero) is 1. The second-order valence-electron chi connectivity index (χ2n) is 4.31. The highest BCUT2D eigenvalue weighted by Gasteiger charge is 2.14. The molecule has 0 spiro atoms. The van der Waals surface area contributed by atoms with Crippen molar-refractivity contribution in [2.24, 2.45) is 5.92 Å². The summed E-state index contributed by atoms with van der Waals surface area (Å²) in [6.45, 7) is 3.83. The molecule has 0 radical (unpaired) electrons. The van der Waals surface area contributed by atoms with Gasteiger partial charge < -0.3 is 0 Å². The summed E-state index contributed by atoms with van der Waals surface area (Å²) in [6.07, 6.45) is 0. The molecule has 0 saturated heterocycles. The fourth-order valence-electron chi connectivity index (χ4n) is 1.59. The summed E-state index contributed by atoms with van der Waals surface area (Å²) in [5.41, 5.74) is 0.991. The molecule has 0 amide bonds. The molecule has 0 bridgehead atoms. The molecule has 0 saturated carbocycles. The minimum Gasteiger partial charge on any atom is -0.293 e. The van der Waals surface area contributed by atoms with Gasteiger partial charge in [0.25, 0.3) is 0 Å². The summed E-state index contributed by atoms with van der Waals surface area (Å²) in [7, 11) is 0. The van der Waals surface area contributed by atoms with Crippen molar-refractivity contribution in [2.45, 2.75) is 13.8 Å². The molecule has 2 aromatic rings. The van der Waals surface area contributed by atoms with Crippen molar-refractivity contribution in [3.8, 4) is 10.4 Å². The van der Waals surface area contributed by atoms with Crippen LogP contribution in [0.5, 0.6) is 0 Å². The van der Waals surface area contributed by atoms with Gasteiger partial charge in [0, 0.05) is 19.9 Å². The molecule has 1 aromatic heterocycles. The van der Waals surface area contributed by atoms with Crippen molar-refractivity contribution in [1.29, 1.82) is 0 Å². The molecular weight excluding hydrogens is 379 g/mol. The Labute approximate surface area is 129 Å². The Kier molecular flexibility index (Phi) is 4.45. The number of rotatable bonds is 3. The summed E-state index contributed by atoms with van der Waals surface area (Å²) < 4.78 is 1.11. The Morgan fingerprint density at radius 1 is 1.28 bits per heavy atom. The van der Waals surface area contributed by atoms with E-state index in [0.717, 1.165) is 23.9 Å². The summed E-state index contributed by atoms with van der Waals surface area (Å²) in [5, 5.41) is 0.729.